The van der Waals surface area contributed by atoms with E-state index in [1.54, 1.807) is 0 Å². The summed E-state index contributed by atoms with van der Waals surface area (Å²) in [6.45, 7) is 18.3. The van der Waals surface area contributed by atoms with Crippen LogP contribution < -0.4 is 5.32 Å². The minimum atomic E-state index is -1.72. The maximum Gasteiger partial charge on any atom is 0.308 e. The van der Waals surface area contributed by atoms with Crippen molar-refractivity contribution >= 4 is 23.8 Å². The molecule has 1 amide bonds. The molecule has 24 atom stereocenters. The third kappa shape index (κ3) is 9.04. The lowest BCUT2D eigenvalue weighted by Crippen LogP contribution is -2.70. The van der Waals surface area contributed by atoms with Crippen LogP contribution in [-0.4, -0.2) is 121 Å². The summed E-state index contributed by atoms with van der Waals surface area (Å²) in [6.07, 6.45) is 5.55. The van der Waals surface area contributed by atoms with E-state index in [2.05, 4.69) is 46.9 Å². The molecule has 0 aromatic heterocycles. The molecule has 77 heavy (non-hydrogen) atoms. The van der Waals surface area contributed by atoms with Crippen LogP contribution in [0.25, 0.3) is 0 Å². The van der Waals surface area contributed by atoms with Gasteiger partial charge in [0, 0.05) is 43.9 Å². The lowest BCUT2D eigenvalue weighted by atomic mass is 9.57. The highest BCUT2D eigenvalue weighted by molar-refractivity contribution is 5.75. The molecule has 0 radical (unpaired) electrons. The van der Waals surface area contributed by atoms with E-state index >= 15 is 0 Å². The van der Waals surface area contributed by atoms with Crippen LogP contribution in [0.5, 0.6) is 0 Å². The van der Waals surface area contributed by atoms with Gasteiger partial charge in [-0.15, -0.1) is 0 Å². The molecule has 12 heterocycles. The van der Waals surface area contributed by atoms with Gasteiger partial charge in [0.25, 0.3) is 0 Å². The normalized spacial score (nSPS) is 51.7. The number of carbonyl (C=O) groups excluding carboxylic acids is 4. The van der Waals surface area contributed by atoms with Crippen molar-refractivity contribution in [1.29, 1.82) is 0 Å². The van der Waals surface area contributed by atoms with Crippen LogP contribution in [0.15, 0.2) is 0 Å². The largest absolute Gasteiger partial charge is 0.463 e. The second-order valence-corrected chi connectivity index (χ2v) is 26.9. The fraction of sp³-hybridized carbons (Fsp3) is 0.930. The molecule has 1 N–H and O–H groups in total. The van der Waals surface area contributed by atoms with Gasteiger partial charge in [-0.3, -0.25) is 19.2 Å². The van der Waals surface area contributed by atoms with E-state index in [4.69, 9.17) is 72.0 Å². The van der Waals surface area contributed by atoms with E-state index < -0.39 is 121 Å². The number of hydrogen-bond acceptors (Lipinski definition) is 19. The topological polar surface area (TPSA) is 219 Å². The van der Waals surface area contributed by atoms with Gasteiger partial charge in [-0.05, 0) is 132 Å². The summed E-state index contributed by atoms with van der Waals surface area (Å²) in [6, 6.07) is 0. The zero-order valence-electron chi connectivity index (χ0n) is 46.9. The molecule has 15 aliphatic rings. The first kappa shape index (κ1) is 55.0. The first-order valence-electron chi connectivity index (χ1n) is 29.4. The van der Waals surface area contributed by atoms with Crippen LogP contribution >= 0.6 is 0 Å². The second kappa shape index (κ2) is 19.8. The molecular weight excluding hydrogens is 1000 g/mol. The Balaban J connectivity index is 0.760. The number of nitrogens with one attached hydrogen (secondary N) is 1. The molecule has 20 nitrogen and oxygen atoms in total. The number of amides is 1. The summed E-state index contributed by atoms with van der Waals surface area (Å²) in [4.78, 5) is 93.1. The van der Waals surface area contributed by atoms with E-state index in [0.29, 0.717) is 37.0 Å². The third-order valence-electron chi connectivity index (χ3n) is 22.0. The SMILES string of the molecule is CC(=O)NC(COC(=O)CC1O[C@@H]2O[C@]3(C)CC[C@H]4[C@H](C)CC[C@@H]([C@H]1C)[C@@]24OO3)(COC(=O)CC1O[C@@H]2O[C@]3(C)CC[C@H]4[C@H](C)CC[C@@H]([C@H]1C)[C@@]24OO3)COC(=O)CC1O[C@@H]2O[C@]3(C)CC[C@H]4[C@H](C)CC[C@@H]([C@H]1C)[C@@]24OO3. The maximum atomic E-state index is 14.3. The van der Waals surface area contributed by atoms with Crippen molar-refractivity contribution in [1.82, 2.24) is 5.32 Å². The number of esters is 3. The summed E-state index contributed by atoms with van der Waals surface area (Å²) in [7, 11) is 0. The zero-order valence-corrected chi connectivity index (χ0v) is 46.9. The molecule has 6 bridgehead atoms. The highest BCUT2D eigenvalue weighted by Crippen LogP contribution is 2.64. The van der Waals surface area contributed by atoms with Gasteiger partial charge in [0.1, 0.15) is 25.4 Å². The van der Waals surface area contributed by atoms with Crippen LogP contribution in [0.2, 0.25) is 0 Å². The number of carbonyl (C=O) groups is 4. The van der Waals surface area contributed by atoms with Crippen molar-refractivity contribution in [3.8, 4) is 0 Å². The van der Waals surface area contributed by atoms with Crippen LogP contribution in [0, 0.1) is 71.0 Å². The molecule has 12 aliphatic heterocycles. The maximum absolute atomic E-state index is 14.3. The number of rotatable bonds is 13. The van der Waals surface area contributed by atoms with E-state index in [-0.39, 0.29) is 72.5 Å². The van der Waals surface area contributed by atoms with E-state index in [1.807, 2.05) is 20.8 Å². The average molecular weight is 1090 g/mol. The van der Waals surface area contributed by atoms with Crippen molar-refractivity contribution < 1.29 is 91.1 Å². The van der Waals surface area contributed by atoms with Gasteiger partial charge >= 0.3 is 17.9 Å². The molecule has 0 aromatic rings. The lowest BCUT2D eigenvalue weighted by molar-refractivity contribution is -0.571. The van der Waals surface area contributed by atoms with Gasteiger partial charge in [0.05, 0.1) is 37.6 Å². The van der Waals surface area contributed by atoms with Crippen LogP contribution in [0.3, 0.4) is 0 Å². The molecule has 3 saturated carbocycles. The monoisotopic (exact) mass is 1090 g/mol. The quantitative estimate of drug-likeness (QED) is 0.108. The Bertz CT molecular complexity index is 2060. The van der Waals surface area contributed by atoms with Crippen LogP contribution in [0.4, 0.5) is 0 Å². The van der Waals surface area contributed by atoms with Crippen LogP contribution in [-0.2, 0) is 91.1 Å². The first-order valence-corrected chi connectivity index (χ1v) is 29.4. The van der Waals surface area contributed by atoms with Crippen molar-refractivity contribution in [3.63, 3.8) is 0 Å². The van der Waals surface area contributed by atoms with Gasteiger partial charge in [-0.2, -0.15) is 0 Å². The van der Waals surface area contributed by atoms with Gasteiger partial charge in [0.2, 0.25) is 23.3 Å². The summed E-state index contributed by atoms with van der Waals surface area (Å²) in [5.41, 5.74) is -4.16. The number of hydrogen-bond donors (Lipinski definition) is 1. The van der Waals surface area contributed by atoms with Crippen molar-refractivity contribution in [3.05, 3.63) is 0 Å². The summed E-state index contributed by atoms with van der Waals surface area (Å²) in [5, 5.41) is 2.88. The highest BCUT2D eigenvalue weighted by Gasteiger charge is 2.72. The molecule has 15 rings (SSSR count). The van der Waals surface area contributed by atoms with Gasteiger partial charge in [-0.25, -0.2) is 29.3 Å². The Hall–Kier alpha value is -2.60. The zero-order chi connectivity index (χ0) is 54.2. The Morgan fingerprint density at radius 2 is 0.740 bits per heavy atom. The smallest absolute Gasteiger partial charge is 0.308 e. The minimum Gasteiger partial charge on any atom is -0.463 e. The van der Waals surface area contributed by atoms with Crippen LogP contribution in [0.1, 0.15) is 166 Å². The number of ether oxygens (including phenoxy) is 9. The fourth-order valence-electron chi connectivity index (χ4n) is 17.6. The van der Waals surface area contributed by atoms with Gasteiger partial charge in [-0.1, -0.05) is 41.5 Å². The Morgan fingerprint density at radius 1 is 0.442 bits per heavy atom. The molecule has 432 valence electrons. The molecular formula is C57H85NO19. The fourth-order valence-corrected chi connectivity index (χ4v) is 17.6. The van der Waals surface area contributed by atoms with Gasteiger partial charge < -0.3 is 47.9 Å². The molecule has 3 spiro atoms. The Kier molecular flexibility index (Phi) is 14.1. The lowest BCUT2D eigenvalue weighted by Gasteiger charge is -2.60. The standard InChI is InChI=1S/C57H85NO19/c1-29-11-14-39-32(4)42(66-48-55(39)36(29)17-20-51(8,69-48)72-75-55)23-45(60)63-26-54(58-35(7)59,27-64-46(61)24-43-33(5)40-15-12-30(2)37-18-21-52(9)70-49(67-43)56(37,40)76-73-52)28-65-47(62)25-44-34(6)41-16-13-31(3)38-19-22-53(10)71-50(68-44)57(38,41)77-74-53/h29-34,36-44,48-50H,11-28H2,1-10H3,(H,58,59)/t29-,30-,31-,32-,33-,34-,36+,37+,38+,39+,40+,41+,42?,43?,44?,48-,49-,50-,51+,52+,53+,54?,55-,56-,57-/m1/s1. The molecule has 20 heteroatoms. The van der Waals surface area contributed by atoms with Crippen molar-refractivity contribution in [2.75, 3.05) is 19.8 Å². The molecule has 0 aromatic carbocycles. The molecule has 3 unspecified atom stereocenters. The molecule has 3 aliphatic carbocycles. The van der Waals surface area contributed by atoms with E-state index in [0.717, 1.165) is 57.8 Å². The molecule has 15 fully saturated rings. The molecule has 12 saturated heterocycles. The minimum absolute atomic E-state index is 0.0179. The summed E-state index contributed by atoms with van der Waals surface area (Å²) >= 11 is 0. The van der Waals surface area contributed by atoms with E-state index in [1.165, 1.54) is 6.92 Å². The predicted molar refractivity (Wildman–Crippen MR) is 264 cm³/mol. The van der Waals surface area contributed by atoms with E-state index in [9.17, 15) is 19.2 Å². The Labute approximate surface area is 452 Å². The van der Waals surface area contributed by atoms with Crippen molar-refractivity contribution in [2.24, 2.45) is 71.0 Å². The number of fused-ring (bicyclic) bond motifs is 6. The summed E-state index contributed by atoms with van der Waals surface area (Å²) in [5.74, 6) is -4.32. The third-order valence-corrected chi connectivity index (χ3v) is 22.0. The average Bonchev–Trinajstić information content (AvgIpc) is 4.13. The highest BCUT2D eigenvalue weighted by atomic mass is 17.3. The van der Waals surface area contributed by atoms with Crippen molar-refractivity contribution in [2.45, 2.75) is 242 Å². The Morgan fingerprint density at radius 3 is 1.03 bits per heavy atom. The predicted octanol–water partition coefficient (Wildman–Crippen LogP) is 7.41. The second-order valence-electron chi connectivity index (χ2n) is 26.9. The first-order chi connectivity index (χ1) is 36.5. The summed E-state index contributed by atoms with van der Waals surface area (Å²) < 4.78 is 58.1. The van der Waals surface area contributed by atoms with Gasteiger partial charge in [0.15, 0.2) is 35.7 Å².